The van der Waals surface area contributed by atoms with Gasteiger partial charge in [0.2, 0.25) is 5.91 Å². The molecule has 0 atom stereocenters. The van der Waals surface area contributed by atoms with Gasteiger partial charge in [0.05, 0.1) is 6.54 Å². The van der Waals surface area contributed by atoms with Gasteiger partial charge in [0.15, 0.2) is 5.13 Å². The number of nitrogens with zero attached hydrogens (tertiary/aromatic N) is 2. The van der Waals surface area contributed by atoms with E-state index >= 15 is 0 Å². The summed E-state index contributed by atoms with van der Waals surface area (Å²) in [6.45, 7) is 1.89. The molecule has 2 aliphatic rings. The molecule has 8 heteroatoms. The van der Waals surface area contributed by atoms with E-state index < -0.39 is 0 Å². The Morgan fingerprint density at radius 3 is 2.71 bits per heavy atom. The summed E-state index contributed by atoms with van der Waals surface area (Å²) < 4.78 is 0. The molecule has 3 rings (SSSR count). The molecule has 1 saturated carbocycles. The van der Waals surface area contributed by atoms with Gasteiger partial charge in [-0.2, -0.15) is 0 Å². The van der Waals surface area contributed by atoms with Crippen LogP contribution in [-0.2, 0) is 4.79 Å². The Balaban J connectivity index is 1.57. The van der Waals surface area contributed by atoms with E-state index in [1.54, 1.807) is 0 Å². The highest BCUT2D eigenvalue weighted by Crippen LogP contribution is 2.30. The average molecular weight is 309 g/mol. The van der Waals surface area contributed by atoms with Crippen LogP contribution >= 0.6 is 11.3 Å². The van der Waals surface area contributed by atoms with Gasteiger partial charge in [0.25, 0.3) is 5.91 Å². The molecule has 4 N–H and O–H groups in total. The van der Waals surface area contributed by atoms with E-state index in [0.717, 1.165) is 43.9 Å². The monoisotopic (exact) mass is 309 g/mol. The maximum atomic E-state index is 12.1. The van der Waals surface area contributed by atoms with Gasteiger partial charge in [-0.25, -0.2) is 4.98 Å². The number of nitrogens with two attached hydrogens (primary N) is 1. The first-order chi connectivity index (χ1) is 10.1. The third-order valence-electron chi connectivity index (χ3n) is 3.58. The normalized spacial score (nSPS) is 17.8. The highest BCUT2D eigenvalue weighted by Gasteiger charge is 2.24. The van der Waals surface area contributed by atoms with Crippen LogP contribution in [0.1, 0.15) is 35.4 Å². The smallest absolute Gasteiger partial charge is 0.265 e. The van der Waals surface area contributed by atoms with Crippen molar-refractivity contribution in [1.29, 1.82) is 0 Å². The zero-order chi connectivity index (χ0) is 14.8. The maximum absolute atomic E-state index is 12.1. The summed E-state index contributed by atoms with van der Waals surface area (Å²) in [5.74, 6) is -0.253. The third kappa shape index (κ3) is 3.44. The van der Waals surface area contributed by atoms with E-state index in [4.69, 9.17) is 5.73 Å². The summed E-state index contributed by atoms with van der Waals surface area (Å²) in [4.78, 5) is 30.4. The van der Waals surface area contributed by atoms with Crippen LogP contribution in [0.5, 0.6) is 0 Å². The Labute approximate surface area is 126 Å². The van der Waals surface area contributed by atoms with Crippen LogP contribution in [-0.4, -0.2) is 42.5 Å². The van der Waals surface area contributed by atoms with Crippen molar-refractivity contribution in [3.63, 3.8) is 0 Å². The molecule has 0 radical (unpaired) electrons. The van der Waals surface area contributed by atoms with E-state index in [1.165, 1.54) is 11.3 Å². The summed E-state index contributed by atoms with van der Waals surface area (Å²) >= 11 is 1.29. The van der Waals surface area contributed by atoms with Crippen LogP contribution in [0.15, 0.2) is 0 Å². The lowest BCUT2D eigenvalue weighted by Gasteiger charge is -2.11. The quantitative estimate of drug-likeness (QED) is 0.728. The van der Waals surface area contributed by atoms with Crippen molar-refractivity contribution in [3.8, 4) is 0 Å². The van der Waals surface area contributed by atoms with Crippen molar-refractivity contribution in [2.75, 3.05) is 30.3 Å². The fraction of sp³-hybridized carbons (Fsp3) is 0.615. The van der Waals surface area contributed by atoms with Gasteiger partial charge >= 0.3 is 0 Å². The molecule has 2 heterocycles. The number of nitrogen functional groups attached to an aromatic ring is 1. The van der Waals surface area contributed by atoms with E-state index in [-0.39, 0.29) is 24.2 Å². The summed E-state index contributed by atoms with van der Waals surface area (Å²) in [6.07, 6.45) is 4.34. The van der Waals surface area contributed by atoms with Crippen LogP contribution in [0.25, 0.3) is 0 Å². The Hall–Kier alpha value is -1.83. The second kappa shape index (κ2) is 5.88. The minimum Gasteiger partial charge on any atom is -0.382 e. The molecule has 1 aliphatic heterocycles. The molecular weight excluding hydrogens is 290 g/mol. The number of thiazole rings is 1. The molecule has 1 saturated heterocycles. The molecule has 1 aromatic heterocycles. The van der Waals surface area contributed by atoms with E-state index in [1.807, 2.05) is 0 Å². The Morgan fingerprint density at radius 1 is 1.33 bits per heavy atom. The molecule has 0 bridgehead atoms. The van der Waals surface area contributed by atoms with Gasteiger partial charge in [0.1, 0.15) is 10.7 Å². The summed E-state index contributed by atoms with van der Waals surface area (Å²) in [7, 11) is 0. The largest absolute Gasteiger partial charge is 0.382 e. The van der Waals surface area contributed by atoms with Crippen molar-refractivity contribution >= 4 is 34.1 Å². The second-order valence-corrected chi connectivity index (χ2v) is 6.41. The Bertz CT molecular complexity index is 549. The molecule has 0 unspecified atom stereocenters. The third-order valence-corrected chi connectivity index (χ3v) is 4.71. The standard InChI is InChI=1S/C13H19N5O2S/c14-11-10(21-13(17-11)18-5-1-2-6-18)12(20)15-7-9(19)16-8-3-4-8/h8H,1-7,14H2,(H,15,20)(H,16,19). The topological polar surface area (TPSA) is 100 Å². The van der Waals surface area contributed by atoms with Crippen molar-refractivity contribution < 1.29 is 9.59 Å². The van der Waals surface area contributed by atoms with Crippen LogP contribution in [0.3, 0.4) is 0 Å². The lowest BCUT2D eigenvalue weighted by molar-refractivity contribution is -0.120. The number of carbonyl (C=O) groups is 2. The molecule has 0 spiro atoms. The van der Waals surface area contributed by atoms with Crippen LogP contribution in [0.2, 0.25) is 0 Å². The van der Waals surface area contributed by atoms with Crippen LogP contribution < -0.4 is 21.3 Å². The van der Waals surface area contributed by atoms with Crippen LogP contribution in [0.4, 0.5) is 10.9 Å². The first kappa shape index (κ1) is 14.1. The van der Waals surface area contributed by atoms with E-state index in [2.05, 4.69) is 20.5 Å². The molecule has 21 heavy (non-hydrogen) atoms. The Kier molecular flexibility index (Phi) is 3.96. The summed E-state index contributed by atoms with van der Waals surface area (Å²) in [5.41, 5.74) is 5.82. The van der Waals surface area contributed by atoms with Crippen LogP contribution in [0, 0.1) is 0 Å². The molecular formula is C13H19N5O2S. The molecule has 7 nitrogen and oxygen atoms in total. The number of aromatic nitrogens is 1. The number of anilines is 2. The molecule has 2 amide bonds. The predicted molar refractivity (Wildman–Crippen MR) is 81.5 cm³/mol. The number of rotatable bonds is 5. The van der Waals surface area contributed by atoms with Crippen molar-refractivity contribution in [2.45, 2.75) is 31.7 Å². The molecule has 114 valence electrons. The molecule has 1 aromatic rings. The number of hydrogen-bond acceptors (Lipinski definition) is 6. The summed E-state index contributed by atoms with van der Waals surface area (Å²) in [5, 5.41) is 6.21. The van der Waals surface area contributed by atoms with Crippen molar-refractivity contribution in [2.24, 2.45) is 0 Å². The molecule has 0 aromatic carbocycles. The number of carbonyl (C=O) groups excluding carboxylic acids is 2. The first-order valence-corrected chi connectivity index (χ1v) is 8.04. The fourth-order valence-electron chi connectivity index (χ4n) is 2.27. The number of nitrogens with one attached hydrogen (secondary N) is 2. The van der Waals surface area contributed by atoms with Gasteiger partial charge < -0.3 is 21.3 Å². The van der Waals surface area contributed by atoms with E-state index in [0.29, 0.717) is 10.9 Å². The first-order valence-electron chi connectivity index (χ1n) is 7.22. The van der Waals surface area contributed by atoms with Crippen molar-refractivity contribution in [1.82, 2.24) is 15.6 Å². The van der Waals surface area contributed by atoms with Gasteiger partial charge in [-0.05, 0) is 25.7 Å². The predicted octanol–water partition coefficient (Wildman–Crippen LogP) is 0.334. The fourth-order valence-corrected chi connectivity index (χ4v) is 3.23. The minimum absolute atomic E-state index is 0.0221. The maximum Gasteiger partial charge on any atom is 0.265 e. The molecule has 2 fully saturated rings. The average Bonchev–Trinajstić information content (AvgIpc) is 2.96. The lowest BCUT2D eigenvalue weighted by Crippen LogP contribution is -2.37. The SMILES string of the molecule is Nc1nc(N2CCCC2)sc1C(=O)NCC(=O)NC1CC1. The molecule has 1 aliphatic carbocycles. The zero-order valence-corrected chi connectivity index (χ0v) is 12.5. The highest BCUT2D eigenvalue weighted by atomic mass is 32.1. The number of hydrogen-bond donors (Lipinski definition) is 3. The van der Waals surface area contributed by atoms with Gasteiger partial charge in [-0.3, -0.25) is 9.59 Å². The Morgan fingerprint density at radius 2 is 2.05 bits per heavy atom. The van der Waals surface area contributed by atoms with Crippen molar-refractivity contribution in [3.05, 3.63) is 4.88 Å². The van der Waals surface area contributed by atoms with Gasteiger partial charge in [0, 0.05) is 19.1 Å². The van der Waals surface area contributed by atoms with Gasteiger partial charge in [-0.15, -0.1) is 0 Å². The van der Waals surface area contributed by atoms with Gasteiger partial charge in [-0.1, -0.05) is 11.3 Å². The summed E-state index contributed by atoms with van der Waals surface area (Å²) in [6, 6.07) is 0.296. The zero-order valence-electron chi connectivity index (χ0n) is 11.7. The second-order valence-electron chi connectivity index (χ2n) is 5.43. The lowest BCUT2D eigenvalue weighted by atomic mass is 10.4. The number of amides is 2. The minimum atomic E-state index is -0.332. The highest BCUT2D eigenvalue weighted by molar-refractivity contribution is 7.18. The van der Waals surface area contributed by atoms with E-state index in [9.17, 15) is 9.59 Å².